The molecule has 0 radical (unpaired) electrons. The van der Waals surface area contributed by atoms with Crippen molar-refractivity contribution in [2.45, 2.75) is 53.6 Å². The van der Waals surface area contributed by atoms with Crippen LogP contribution in [0.3, 0.4) is 0 Å². The Balaban J connectivity index is 1.56. The predicted molar refractivity (Wildman–Crippen MR) is 104 cm³/mol. The van der Waals surface area contributed by atoms with E-state index in [9.17, 15) is 9.59 Å². The number of benzene rings is 1. The largest absolute Gasteiger partial charge is 0.419 e. The Morgan fingerprint density at radius 3 is 2.70 bits per heavy atom. The molecule has 1 amide bonds. The standard InChI is InChI=1S/C20H26N4O3/c1-5-16-14(3)22-24(15(16)4)11-9-21-19(25)8-10-23-17-12-13(2)6-7-18(17)27-20(23)26/h6-7,12H,5,8-11H2,1-4H3,(H,21,25). The summed E-state index contributed by atoms with van der Waals surface area (Å²) in [6, 6.07) is 5.57. The highest BCUT2D eigenvalue weighted by Gasteiger charge is 2.12. The molecule has 3 aromatic rings. The topological polar surface area (TPSA) is 82.1 Å². The normalized spacial score (nSPS) is 11.3. The van der Waals surface area contributed by atoms with Gasteiger partial charge in [-0.15, -0.1) is 0 Å². The maximum absolute atomic E-state index is 12.2. The molecule has 7 heteroatoms. The predicted octanol–water partition coefficient (Wildman–Crippen LogP) is 2.49. The molecule has 2 heterocycles. The summed E-state index contributed by atoms with van der Waals surface area (Å²) in [4.78, 5) is 24.2. The summed E-state index contributed by atoms with van der Waals surface area (Å²) in [7, 11) is 0. The Hall–Kier alpha value is -2.83. The molecular formula is C20H26N4O3. The molecule has 0 aliphatic rings. The van der Waals surface area contributed by atoms with Crippen molar-refractivity contribution < 1.29 is 9.21 Å². The van der Waals surface area contributed by atoms with Crippen LogP contribution in [0.5, 0.6) is 0 Å². The summed E-state index contributed by atoms with van der Waals surface area (Å²) < 4.78 is 8.67. The maximum atomic E-state index is 12.2. The summed E-state index contributed by atoms with van der Waals surface area (Å²) in [6.45, 7) is 9.56. The molecule has 3 rings (SSSR count). The average Bonchev–Trinajstić information content (AvgIpc) is 3.08. The first kappa shape index (κ1) is 18.9. The zero-order valence-electron chi connectivity index (χ0n) is 16.3. The minimum Gasteiger partial charge on any atom is -0.408 e. The van der Waals surface area contributed by atoms with E-state index >= 15 is 0 Å². The minimum atomic E-state index is -0.432. The number of amides is 1. The van der Waals surface area contributed by atoms with Crippen LogP contribution in [0.15, 0.2) is 27.4 Å². The Labute approximate surface area is 158 Å². The molecule has 0 aliphatic heterocycles. The molecule has 27 heavy (non-hydrogen) atoms. The summed E-state index contributed by atoms with van der Waals surface area (Å²) in [6.07, 6.45) is 1.18. The van der Waals surface area contributed by atoms with Crippen LogP contribution >= 0.6 is 0 Å². The van der Waals surface area contributed by atoms with Crippen molar-refractivity contribution >= 4 is 17.0 Å². The van der Waals surface area contributed by atoms with Gasteiger partial charge in [-0.25, -0.2) is 4.79 Å². The van der Waals surface area contributed by atoms with Crippen LogP contribution < -0.4 is 11.1 Å². The third-order valence-electron chi connectivity index (χ3n) is 4.92. The van der Waals surface area contributed by atoms with Crippen molar-refractivity contribution in [3.05, 3.63) is 51.3 Å². The number of oxazole rings is 1. The van der Waals surface area contributed by atoms with E-state index in [1.807, 2.05) is 30.7 Å². The van der Waals surface area contributed by atoms with Gasteiger partial charge in [0.1, 0.15) is 0 Å². The third-order valence-corrected chi connectivity index (χ3v) is 4.92. The molecule has 0 spiro atoms. The van der Waals surface area contributed by atoms with Gasteiger partial charge in [0.25, 0.3) is 0 Å². The molecule has 0 atom stereocenters. The number of nitrogens with one attached hydrogen (secondary N) is 1. The van der Waals surface area contributed by atoms with Gasteiger partial charge >= 0.3 is 5.76 Å². The number of hydrogen-bond acceptors (Lipinski definition) is 4. The van der Waals surface area contributed by atoms with E-state index in [0.717, 1.165) is 28.9 Å². The number of hydrogen-bond donors (Lipinski definition) is 1. The molecule has 0 saturated heterocycles. The lowest BCUT2D eigenvalue weighted by atomic mass is 10.1. The van der Waals surface area contributed by atoms with Crippen LogP contribution in [-0.4, -0.2) is 26.8 Å². The molecule has 0 saturated carbocycles. The minimum absolute atomic E-state index is 0.0962. The van der Waals surface area contributed by atoms with Crippen molar-refractivity contribution in [2.24, 2.45) is 0 Å². The first-order valence-corrected chi connectivity index (χ1v) is 9.30. The Morgan fingerprint density at radius 2 is 2.00 bits per heavy atom. The fraction of sp³-hybridized carbons (Fsp3) is 0.450. The quantitative estimate of drug-likeness (QED) is 0.693. The Kier molecular flexibility index (Phi) is 5.48. The fourth-order valence-corrected chi connectivity index (χ4v) is 3.45. The zero-order chi connectivity index (χ0) is 19.6. The number of carbonyl (C=O) groups is 1. The molecule has 1 aromatic carbocycles. The second-order valence-corrected chi connectivity index (χ2v) is 6.82. The fourth-order valence-electron chi connectivity index (χ4n) is 3.45. The molecule has 0 bridgehead atoms. The first-order valence-electron chi connectivity index (χ1n) is 9.30. The highest BCUT2D eigenvalue weighted by atomic mass is 16.4. The van der Waals surface area contributed by atoms with E-state index in [4.69, 9.17) is 4.42 Å². The van der Waals surface area contributed by atoms with Crippen molar-refractivity contribution in [3.63, 3.8) is 0 Å². The average molecular weight is 370 g/mol. The first-order chi connectivity index (χ1) is 12.9. The van der Waals surface area contributed by atoms with Crippen molar-refractivity contribution in [3.8, 4) is 0 Å². The number of rotatable bonds is 7. The van der Waals surface area contributed by atoms with Gasteiger partial charge in [0.05, 0.1) is 17.8 Å². The van der Waals surface area contributed by atoms with Crippen molar-refractivity contribution in [2.75, 3.05) is 6.54 Å². The number of carbonyl (C=O) groups excluding carboxylic acids is 1. The monoisotopic (exact) mass is 370 g/mol. The molecule has 0 fully saturated rings. The van der Waals surface area contributed by atoms with Gasteiger partial charge in [-0.2, -0.15) is 5.10 Å². The Bertz CT molecular complexity index is 1030. The summed E-state index contributed by atoms with van der Waals surface area (Å²) in [5.41, 5.74) is 5.77. The molecular weight excluding hydrogens is 344 g/mol. The highest BCUT2D eigenvalue weighted by Crippen LogP contribution is 2.15. The maximum Gasteiger partial charge on any atom is 0.419 e. The van der Waals surface area contributed by atoms with E-state index in [1.54, 1.807) is 6.07 Å². The van der Waals surface area contributed by atoms with Crippen molar-refractivity contribution in [1.29, 1.82) is 0 Å². The number of aryl methyl sites for hydroxylation is 3. The summed E-state index contributed by atoms with van der Waals surface area (Å²) in [5, 5.41) is 7.43. The lowest BCUT2D eigenvalue weighted by molar-refractivity contribution is -0.121. The van der Waals surface area contributed by atoms with Gasteiger partial charge in [-0.05, 0) is 50.5 Å². The second kappa shape index (κ2) is 7.82. The van der Waals surface area contributed by atoms with Crippen molar-refractivity contribution in [1.82, 2.24) is 19.7 Å². The molecule has 0 unspecified atom stereocenters. The molecule has 144 valence electrons. The molecule has 0 aliphatic carbocycles. The SMILES string of the molecule is CCc1c(C)nn(CCNC(=O)CCn2c(=O)oc3ccc(C)cc32)c1C. The van der Waals surface area contributed by atoms with Crippen LogP contribution in [0, 0.1) is 20.8 Å². The van der Waals surface area contributed by atoms with Crippen LogP contribution in [0.25, 0.3) is 11.1 Å². The van der Waals surface area contributed by atoms with Gasteiger partial charge in [0, 0.05) is 25.2 Å². The Morgan fingerprint density at radius 1 is 1.22 bits per heavy atom. The van der Waals surface area contributed by atoms with Gasteiger partial charge in [0.15, 0.2) is 5.58 Å². The molecule has 1 N–H and O–H groups in total. The summed E-state index contributed by atoms with van der Waals surface area (Å²) >= 11 is 0. The summed E-state index contributed by atoms with van der Waals surface area (Å²) in [5.74, 6) is -0.528. The van der Waals surface area contributed by atoms with Gasteiger partial charge in [-0.1, -0.05) is 13.0 Å². The van der Waals surface area contributed by atoms with E-state index in [1.165, 1.54) is 10.1 Å². The van der Waals surface area contributed by atoms with Crippen LogP contribution in [0.2, 0.25) is 0 Å². The zero-order valence-corrected chi connectivity index (χ0v) is 16.3. The van der Waals surface area contributed by atoms with Crippen LogP contribution in [-0.2, 0) is 24.3 Å². The highest BCUT2D eigenvalue weighted by molar-refractivity contribution is 5.77. The third kappa shape index (κ3) is 3.97. The molecule has 7 nitrogen and oxygen atoms in total. The van der Waals surface area contributed by atoms with Crippen LogP contribution in [0.1, 0.15) is 35.9 Å². The lowest BCUT2D eigenvalue weighted by Crippen LogP contribution is -2.29. The van der Waals surface area contributed by atoms with E-state index < -0.39 is 5.76 Å². The van der Waals surface area contributed by atoms with E-state index in [-0.39, 0.29) is 12.3 Å². The molecule has 2 aromatic heterocycles. The second-order valence-electron chi connectivity index (χ2n) is 6.82. The van der Waals surface area contributed by atoms with Gasteiger partial charge < -0.3 is 9.73 Å². The van der Waals surface area contributed by atoms with E-state index in [0.29, 0.717) is 25.2 Å². The smallest absolute Gasteiger partial charge is 0.408 e. The van der Waals surface area contributed by atoms with Gasteiger partial charge in [-0.3, -0.25) is 14.0 Å². The lowest BCUT2D eigenvalue weighted by Gasteiger charge is -2.08. The number of aromatic nitrogens is 3. The van der Waals surface area contributed by atoms with Gasteiger partial charge in [0.2, 0.25) is 5.91 Å². The number of nitrogens with zero attached hydrogens (tertiary/aromatic N) is 3. The van der Waals surface area contributed by atoms with E-state index in [2.05, 4.69) is 24.3 Å². The number of fused-ring (bicyclic) bond motifs is 1. The van der Waals surface area contributed by atoms with Crippen LogP contribution in [0.4, 0.5) is 0 Å².